The van der Waals surface area contributed by atoms with Crippen LogP contribution in [0.5, 0.6) is 5.75 Å². The first-order valence-electron chi connectivity index (χ1n) is 7.06. The molecule has 0 bridgehead atoms. The molecule has 112 valence electrons. The molecule has 2 rings (SSSR count). The van der Waals surface area contributed by atoms with E-state index in [0.29, 0.717) is 5.92 Å². The Hall–Kier alpha value is -1.20. The molecule has 6 heteroatoms. The van der Waals surface area contributed by atoms with E-state index in [1.807, 2.05) is 0 Å². The van der Waals surface area contributed by atoms with Crippen LogP contribution in [0.3, 0.4) is 0 Å². The Bertz CT molecular complexity index is 453. The van der Waals surface area contributed by atoms with Crippen molar-refractivity contribution in [3.8, 4) is 5.75 Å². The predicted molar refractivity (Wildman–Crippen MR) is 71.8 cm³/mol. The van der Waals surface area contributed by atoms with Crippen LogP contribution in [-0.4, -0.2) is 13.1 Å². The maximum atomic E-state index is 13.6. The number of benzene rings is 1. The molecule has 0 amide bonds. The Kier molecular flexibility index (Phi) is 4.61. The Morgan fingerprint density at radius 1 is 1.15 bits per heavy atom. The second kappa shape index (κ2) is 6.06. The van der Waals surface area contributed by atoms with Crippen molar-refractivity contribution < 1.29 is 22.1 Å². The van der Waals surface area contributed by atoms with E-state index in [4.69, 9.17) is 4.74 Å². The molecule has 0 aliphatic heterocycles. The molecule has 0 unspecified atom stereocenters. The fraction of sp³-hybridized carbons (Fsp3) is 0.571. The van der Waals surface area contributed by atoms with Crippen molar-refractivity contribution in [3.05, 3.63) is 24.0 Å². The third-order valence-corrected chi connectivity index (χ3v) is 4.00. The molecule has 1 aliphatic carbocycles. The number of hydrogen-bond acceptors (Lipinski definition) is 1. The SMILES string of the molecule is CCC1CCC(Oc2cc([B-](F)(F)F)ccc2F)CC1. The van der Waals surface area contributed by atoms with Crippen LogP contribution in [-0.2, 0) is 0 Å². The van der Waals surface area contributed by atoms with Crippen molar-refractivity contribution in [3.63, 3.8) is 0 Å². The lowest BCUT2D eigenvalue weighted by Crippen LogP contribution is -2.34. The molecule has 0 heterocycles. The van der Waals surface area contributed by atoms with Gasteiger partial charge in [0.1, 0.15) is 0 Å². The molecule has 1 aromatic carbocycles. The summed E-state index contributed by atoms with van der Waals surface area (Å²) >= 11 is 0. The number of ether oxygens (including phenoxy) is 1. The standard InChI is InChI=1S/C14H18BF4O/c1-2-10-3-6-12(7-4-10)20-14-9-11(15(17,18)19)5-8-13(14)16/h5,8-10,12H,2-4,6-7H2,1H3/q-1. The summed E-state index contributed by atoms with van der Waals surface area (Å²) in [6.07, 6.45) is 4.46. The van der Waals surface area contributed by atoms with Crippen molar-refractivity contribution in [1.82, 2.24) is 0 Å². The van der Waals surface area contributed by atoms with Crippen molar-refractivity contribution in [2.24, 2.45) is 5.92 Å². The van der Waals surface area contributed by atoms with E-state index in [1.165, 1.54) is 0 Å². The lowest BCUT2D eigenvalue weighted by Gasteiger charge is -2.29. The van der Waals surface area contributed by atoms with Crippen molar-refractivity contribution in [2.75, 3.05) is 0 Å². The smallest absolute Gasteiger partial charge is 0.487 e. The molecule has 0 saturated heterocycles. The van der Waals surface area contributed by atoms with Crippen LogP contribution >= 0.6 is 0 Å². The van der Waals surface area contributed by atoms with Gasteiger partial charge in [0, 0.05) is 0 Å². The maximum absolute atomic E-state index is 13.6. The highest BCUT2D eigenvalue weighted by Gasteiger charge is 2.27. The molecule has 20 heavy (non-hydrogen) atoms. The Balaban J connectivity index is 2.06. The highest BCUT2D eigenvalue weighted by atomic mass is 19.4. The van der Waals surface area contributed by atoms with Crippen LogP contribution in [0, 0.1) is 11.7 Å². The first-order chi connectivity index (χ1) is 9.40. The van der Waals surface area contributed by atoms with Gasteiger partial charge in [0.15, 0.2) is 11.6 Å². The van der Waals surface area contributed by atoms with Gasteiger partial charge in [0.25, 0.3) is 0 Å². The summed E-state index contributed by atoms with van der Waals surface area (Å²) in [5.41, 5.74) is -0.816. The lowest BCUT2D eigenvalue weighted by atomic mass is 9.80. The summed E-state index contributed by atoms with van der Waals surface area (Å²) in [6, 6.07) is 2.37. The molecule has 1 fully saturated rings. The largest absolute Gasteiger partial charge is 0.509 e. The van der Waals surface area contributed by atoms with E-state index in [9.17, 15) is 17.3 Å². The average Bonchev–Trinajstić information content (AvgIpc) is 2.41. The highest BCUT2D eigenvalue weighted by Crippen LogP contribution is 2.30. The number of halogens is 4. The van der Waals surface area contributed by atoms with E-state index in [1.54, 1.807) is 0 Å². The van der Waals surface area contributed by atoms with Crippen LogP contribution in [0.15, 0.2) is 18.2 Å². The molecular formula is C14H18BF4O-. The number of hydrogen-bond donors (Lipinski definition) is 0. The van der Waals surface area contributed by atoms with Gasteiger partial charge < -0.3 is 17.7 Å². The predicted octanol–water partition coefficient (Wildman–Crippen LogP) is 4.23. The van der Waals surface area contributed by atoms with Crippen LogP contribution in [0.2, 0.25) is 0 Å². The minimum Gasteiger partial charge on any atom is -0.487 e. The van der Waals surface area contributed by atoms with Gasteiger partial charge in [0.05, 0.1) is 6.10 Å². The summed E-state index contributed by atoms with van der Waals surface area (Å²) in [7, 11) is 0. The van der Waals surface area contributed by atoms with Crippen LogP contribution < -0.4 is 10.2 Å². The molecule has 1 saturated carbocycles. The average molecular weight is 289 g/mol. The number of rotatable bonds is 4. The third-order valence-electron chi connectivity index (χ3n) is 4.00. The molecule has 0 aromatic heterocycles. The molecule has 1 nitrogen and oxygen atoms in total. The van der Waals surface area contributed by atoms with E-state index < -0.39 is 18.3 Å². The van der Waals surface area contributed by atoms with Gasteiger partial charge in [-0.1, -0.05) is 19.4 Å². The molecule has 0 radical (unpaired) electrons. The van der Waals surface area contributed by atoms with Crippen LogP contribution in [0.1, 0.15) is 39.0 Å². The highest BCUT2D eigenvalue weighted by molar-refractivity contribution is 6.73. The fourth-order valence-corrected chi connectivity index (χ4v) is 2.65. The first-order valence-corrected chi connectivity index (χ1v) is 7.06. The summed E-state index contributed by atoms with van der Waals surface area (Å²) in [6.45, 7) is -3.00. The normalized spacial score (nSPS) is 23.6. The van der Waals surface area contributed by atoms with Crippen LogP contribution in [0.25, 0.3) is 0 Å². The van der Waals surface area contributed by atoms with Gasteiger partial charge in [-0.15, -0.1) is 5.46 Å². The van der Waals surface area contributed by atoms with E-state index in [0.717, 1.165) is 50.3 Å². The Morgan fingerprint density at radius 2 is 1.80 bits per heavy atom. The first kappa shape index (κ1) is 15.2. The van der Waals surface area contributed by atoms with Gasteiger partial charge in [-0.2, -0.15) is 0 Å². The van der Waals surface area contributed by atoms with Gasteiger partial charge in [-0.3, -0.25) is 0 Å². The summed E-state index contributed by atoms with van der Waals surface area (Å²) < 4.78 is 57.0. The zero-order valence-electron chi connectivity index (χ0n) is 11.4. The molecular weight excluding hydrogens is 271 g/mol. The summed E-state index contributed by atoms with van der Waals surface area (Å²) in [5.74, 6) is -0.349. The summed E-state index contributed by atoms with van der Waals surface area (Å²) in [5, 5.41) is 0. The van der Waals surface area contributed by atoms with Crippen molar-refractivity contribution in [2.45, 2.75) is 45.1 Å². The molecule has 1 aromatic rings. The molecule has 0 N–H and O–H groups in total. The minimum absolute atomic E-state index is 0.178. The Morgan fingerprint density at radius 3 is 2.35 bits per heavy atom. The van der Waals surface area contributed by atoms with Gasteiger partial charge in [-0.05, 0) is 43.7 Å². The monoisotopic (exact) mass is 289 g/mol. The second-order valence-electron chi connectivity index (χ2n) is 5.43. The third kappa shape index (κ3) is 3.67. The quantitative estimate of drug-likeness (QED) is 0.595. The van der Waals surface area contributed by atoms with Crippen molar-refractivity contribution in [1.29, 1.82) is 0 Å². The van der Waals surface area contributed by atoms with Gasteiger partial charge >= 0.3 is 6.98 Å². The fourth-order valence-electron chi connectivity index (χ4n) is 2.65. The van der Waals surface area contributed by atoms with Gasteiger partial charge in [0.2, 0.25) is 0 Å². The zero-order valence-corrected chi connectivity index (χ0v) is 11.4. The topological polar surface area (TPSA) is 9.23 Å². The summed E-state index contributed by atoms with van der Waals surface area (Å²) in [4.78, 5) is 0. The second-order valence-corrected chi connectivity index (χ2v) is 5.43. The minimum atomic E-state index is -5.13. The molecule has 0 spiro atoms. The van der Waals surface area contributed by atoms with E-state index in [2.05, 4.69) is 6.92 Å². The maximum Gasteiger partial charge on any atom is 0.509 e. The van der Waals surface area contributed by atoms with Crippen molar-refractivity contribution >= 4 is 12.4 Å². The zero-order chi connectivity index (χ0) is 14.8. The molecule has 0 atom stereocenters. The Labute approximate surface area is 116 Å². The molecule has 1 aliphatic rings. The van der Waals surface area contributed by atoms with Gasteiger partial charge in [-0.25, -0.2) is 4.39 Å². The van der Waals surface area contributed by atoms with E-state index >= 15 is 0 Å². The van der Waals surface area contributed by atoms with Crippen LogP contribution in [0.4, 0.5) is 17.3 Å². The van der Waals surface area contributed by atoms with E-state index in [-0.39, 0.29) is 11.9 Å². The lowest BCUT2D eigenvalue weighted by molar-refractivity contribution is 0.125.